The third-order valence-electron chi connectivity index (χ3n) is 4.53. The summed E-state index contributed by atoms with van der Waals surface area (Å²) in [7, 11) is 0. The second kappa shape index (κ2) is 8.61. The zero-order valence-electron chi connectivity index (χ0n) is 16.5. The Labute approximate surface area is 173 Å². The Morgan fingerprint density at radius 1 is 1.10 bits per heavy atom. The molecule has 1 aliphatic rings. The Morgan fingerprint density at radius 2 is 1.86 bits per heavy atom. The highest BCUT2D eigenvalue weighted by molar-refractivity contribution is 8.18. The predicted octanol–water partition coefficient (Wildman–Crippen LogP) is 4.64. The van der Waals surface area contributed by atoms with Crippen molar-refractivity contribution in [3.63, 3.8) is 0 Å². The topological polar surface area (TPSA) is 87.1 Å². The molecule has 0 aromatic heterocycles. The van der Waals surface area contributed by atoms with E-state index in [9.17, 15) is 19.8 Å². The van der Waals surface area contributed by atoms with Crippen LogP contribution in [0.15, 0.2) is 41.3 Å². The van der Waals surface area contributed by atoms with E-state index >= 15 is 0 Å². The number of imide groups is 1. The van der Waals surface area contributed by atoms with Gasteiger partial charge in [0.05, 0.1) is 11.4 Å². The van der Waals surface area contributed by atoms with E-state index in [-0.39, 0.29) is 34.8 Å². The fourth-order valence-electron chi connectivity index (χ4n) is 2.96. The molecule has 2 amide bonds. The van der Waals surface area contributed by atoms with Gasteiger partial charge in [0.15, 0.2) is 11.5 Å². The van der Waals surface area contributed by atoms with Crippen LogP contribution >= 0.6 is 11.8 Å². The number of carbonyl (C=O) groups excluding carboxylic acids is 2. The van der Waals surface area contributed by atoms with Gasteiger partial charge in [-0.15, -0.1) is 0 Å². The third kappa shape index (κ3) is 4.74. The van der Waals surface area contributed by atoms with E-state index in [0.29, 0.717) is 11.5 Å². The van der Waals surface area contributed by atoms with Gasteiger partial charge in [-0.3, -0.25) is 14.5 Å². The molecule has 2 aromatic rings. The van der Waals surface area contributed by atoms with Gasteiger partial charge in [0, 0.05) is 0 Å². The number of thioether (sulfide) groups is 1. The quantitative estimate of drug-likeness (QED) is 0.530. The number of benzene rings is 2. The molecule has 0 saturated carbocycles. The van der Waals surface area contributed by atoms with E-state index in [2.05, 4.69) is 13.8 Å². The fraction of sp³-hybridized carbons (Fsp3) is 0.273. The maximum Gasteiger partial charge on any atom is 0.293 e. The smallest absolute Gasteiger partial charge is 0.293 e. The summed E-state index contributed by atoms with van der Waals surface area (Å²) in [5.74, 6) is 0.133. The Bertz CT molecular complexity index is 983. The summed E-state index contributed by atoms with van der Waals surface area (Å²) >= 11 is 0.842. The van der Waals surface area contributed by atoms with Crippen molar-refractivity contribution >= 4 is 29.0 Å². The normalized spacial score (nSPS) is 15.6. The van der Waals surface area contributed by atoms with Crippen LogP contribution < -0.4 is 4.74 Å². The molecule has 1 heterocycles. The minimum absolute atomic E-state index is 0.147. The average Bonchev–Trinajstić information content (AvgIpc) is 2.92. The summed E-state index contributed by atoms with van der Waals surface area (Å²) in [4.78, 5) is 26.3. The highest BCUT2D eigenvalue weighted by atomic mass is 32.2. The molecule has 7 heteroatoms. The average molecular weight is 413 g/mol. The molecule has 0 radical (unpaired) electrons. The van der Waals surface area contributed by atoms with Crippen molar-refractivity contribution in [1.29, 1.82) is 0 Å². The number of phenols is 2. The van der Waals surface area contributed by atoms with Crippen LogP contribution in [0.5, 0.6) is 17.2 Å². The van der Waals surface area contributed by atoms with E-state index in [1.165, 1.54) is 18.2 Å². The van der Waals surface area contributed by atoms with Crippen LogP contribution in [0, 0.1) is 6.92 Å². The molecule has 152 valence electrons. The maximum atomic E-state index is 12.6. The molecule has 1 fully saturated rings. The first-order chi connectivity index (χ1) is 13.8. The first-order valence-electron chi connectivity index (χ1n) is 9.27. The number of ether oxygens (including phenoxy) is 1. The molecule has 29 heavy (non-hydrogen) atoms. The second-order valence-electron chi connectivity index (χ2n) is 7.13. The number of nitrogens with zero attached hydrogens (tertiary/aromatic N) is 1. The lowest BCUT2D eigenvalue weighted by molar-refractivity contribution is -0.123. The van der Waals surface area contributed by atoms with Crippen molar-refractivity contribution in [3.8, 4) is 17.2 Å². The van der Waals surface area contributed by atoms with Crippen LogP contribution in [0.1, 0.15) is 36.5 Å². The monoisotopic (exact) mass is 413 g/mol. The first-order valence-corrected chi connectivity index (χ1v) is 10.1. The highest BCUT2D eigenvalue weighted by Gasteiger charge is 2.34. The Kier molecular flexibility index (Phi) is 6.17. The Morgan fingerprint density at radius 3 is 2.55 bits per heavy atom. The van der Waals surface area contributed by atoms with E-state index in [1.54, 1.807) is 6.07 Å². The molecule has 6 nitrogen and oxygen atoms in total. The van der Waals surface area contributed by atoms with Crippen molar-refractivity contribution < 1.29 is 24.5 Å². The Hall–Kier alpha value is -2.93. The zero-order chi connectivity index (χ0) is 21.1. The number of amides is 2. The van der Waals surface area contributed by atoms with Crippen molar-refractivity contribution in [3.05, 3.63) is 58.0 Å². The number of aromatic hydroxyl groups is 2. The SMILES string of the molecule is Cc1ccc(C(C)C)c(OCCN2C(=O)S/C(=C\c3ccc(O)c(O)c3)C2=O)c1. The lowest BCUT2D eigenvalue weighted by atomic mass is 10.0. The van der Waals surface area contributed by atoms with Gasteiger partial charge in [-0.1, -0.05) is 32.0 Å². The molecule has 0 spiro atoms. The number of carbonyl (C=O) groups is 2. The van der Waals surface area contributed by atoms with Gasteiger partial charge in [-0.2, -0.15) is 0 Å². The summed E-state index contributed by atoms with van der Waals surface area (Å²) in [5.41, 5.74) is 2.68. The minimum atomic E-state index is -0.399. The number of rotatable bonds is 6. The molecule has 0 aliphatic carbocycles. The molecule has 3 rings (SSSR count). The molecular weight excluding hydrogens is 390 g/mol. The zero-order valence-corrected chi connectivity index (χ0v) is 17.3. The van der Waals surface area contributed by atoms with Gasteiger partial charge in [0.1, 0.15) is 12.4 Å². The molecular formula is C22H23NO5S. The van der Waals surface area contributed by atoms with Gasteiger partial charge in [0.25, 0.3) is 11.1 Å². The number of aryl methyl sites for hydroxylation is 1. The molecule has 2 aromatic carbocycles. The molecule has 0 unspecified atom stereocenters. The van der Waals surface area contributed by atoms with Crippen LogP contribution in [-0.4, -0.2) is 39.4 Å². The van der Waals surface area contributed by atoms with Crippen molar-refractivity contribution in [2.24, 2.45) is 0 Å². The second-order valence-corrected chi connectivity index (χ2v) is 8.12. The highest BCUT2D eigenvalue weighted by Crippen LogP contribution is 2.34. The molecule has 0 atom stereocenters. The van der Waals surface area contributed by atoms with Gasteiger partial charge in [-0.05, 0) is 65.6 Å². The van der Waals surface area contributed by atoms with Crippen LogP contribution in [0.25, 0.3) is 6.08 Å². The number of hydrogen-bond donors (Lipinski definition) is 2. The van der Waals surface area contributed by atoms with Crippen molar-refractivity contribution in [2.45, 2.75) is 26.7 Å². The largest absolute Gasteiger partial charge is 0.504 e. The van der Waals surface area contributed by atoms with E-state index in [4.69, 9.17) is 4.74 Å². The molecule has 1 saturated heterocycles. The number of hydrogen-bond acceptors (Lipinski definition) is 6. The Balaban J connectivity index is 1.67. The summed E-state index contributed by atoms with van der Waals surface area (Å²) in [6, 6.07) is 10.2. The molecule has 1 aliphatic heterocycles. The van der Waals surface area contributed by atoms with Gasteiger partial charge in [-0.25, -0.2) is 0 Å². The van der Waals surface area contributed by atoms with E-state index in [0.717, 1.165) is 33.5 Å². The van der Waals surface area contributed by atoms with Crippen molar-refractivity contribution in [1.82, 2.24) is 4.90 Å². The van der Waals surface area contributed by atoms with E-state index < -0.39 is 5.91 Å². The van der Waals surface area contributed by atoms with Crippen LogP contribution in [0.3, 0.4) is 0 Å². The fourth-order valence-corrected chi connectivity index (χ4v) is 3.83. The van der Waals surface area contributed by atoms with Crippen molar-refractivity contribution in [2.75, 3.05) is 13.2 Å². The van der Waals surface area contributed by atoms with Crippen LogP contribution in [-0.2, 0) is 4.79 Å². The lowest BCUT2D eigenvalue weighted by Crippen LogP contribution is -2.32. The predicted molar refractivity (Wildman–Crippen MR) is 113 cm³/mol. The van der Waals surface area contributed by atoms with Gasteiger partial charge in [0.2, 0.25) is 0 Å². The summed E-state index contributed by atoms with van der Waals surface area (Å²) in [6.07, 6.45) is 1.52. The third-order valence-corrected chi connectivity index (χ3v) is 5.44. The maximum absolute atomic E-state index is 12.6. The minimum Gasteiger partial charge on any atom is -0.504 e. The number of phenolic OH excluding ortho intramolecular Hbond substituents is 2. The summed E-state index contributed by atoms with van der Waals surface area (Å²) in [6.45, 7) is 6.50. The van der Waals surface area contributed by atoms with Crippen LogP contribution in [0.4, 0.5) is 4.79 Å². The summed E-state index contributed by atoms with van der Waals surface area (Å²) in [5, 5.41) is 18.6. The molecule has 2 N–H and O–H groups in total. The van der Waals surface area contributed by atoms with Crippen LogP contribution in [0.2, 0.25) is 0 Å². The van der Waals surface area contributed by atoms with Gasteiger partial charge >= 0.3 is 0 Å². The molecule has 0 bridgehead atoms. The van der Waals surface area contributed by atoms with E-state index in [1.807, 2.05) is 25.1 Å². The standard InChI is InChI=1S/C22H23NO5S/c1-13(2)16-6-4-14(3)10-19(16)28-9-8-23-21(26)20(29-22(23)27)12-15-5-7-17(24)18(25)11-15/h4-7,10-13,24-25H,8-9H2,1-3H3/b20-12-. The lowest BCUT2D eigenvalue weighted by Gasteiger charge is -2.17. The van der Waals surface area contributed by atoms with Gasteiger partial charge < -0.3 is 14.9 Å². The first kappa shape index (κ1) is 20.8. The summed E-state index contributed by atoms with van der Waals surface area (Å²) < 4.78 is 5.88.